The summed E-state index contributed by atoms with van der Waals surface area (Å²) in [5, 5.41) is 9.61. The van der Waals surface area contributed by atoms with Crippen LogP contribution in [-0.2, 0) is 4.79 Å². The third-order valence-corrected chi connectivity index (χ3v) is 5.22. The predicted octanol–water partition coefficient (Wildman–Crippen LogP) is 3.14. The molecule has 2 rings (SSSR count). The summed E-state index contributed by atoms with van der Waals surface area (Å²) in [6.45, 7) is 7.50. The van der Waals surface area contributed by atoms with Crippen molar-refractivity contribution in [2.24, 2.45) is 11.8 Å². The molecule has 0 bridgehead atoms. The summed E-state index contributed by atoms with van der Waals surface area (Å²) in [6, 6.07) is 0.468. The molecule has 0 amide bonds. The van der Waals surface area contributed by atoms with Crippen LogP contribution < -0.4 is 0 Å². The molecule has 2 fully saturated rings. The molecule has 0 radical (unpaired) electrons. The molecule has 0 aromatic carbocycles. The Balaban J connectivity index is 2.20. The number of hydrogen-bond donors (Lipinski definition) is 1. The maximum atomic E-state index is 11.7. The second kappa shape index (κ2) is 5.20. The standard InChI is InChI=1S/C15H27NO2/c1-11-6-7-12(2)13(10-11)16-9-5-4-8-15(16,3)14(17)18/h11-13H,4-10H2,1-3H3,(H,17,18). The zero-order valence-corrected chi connectivity index (χ0v) is 12.0. The number of piperidine rings is 1. The van der Waals surface area contributed by atoms with Crippen molar-refractivity contribution in [1.29, 1.82) is 0 Å². The fraction of sp³-hybridized carbons (Fsp3) is 0.933. The van der Waals surface area contributed by atoms with Crippen LogP contribution in [0.1, 0.15) is 59.3 Å². The highest BCUT2D eigenvalue weighted by Gasteiger charge is 2.46. The largest absolute Gasteiger partial charge is 0.480 e. The molecule has 104 valence electrons. The van der Waals surface area contributed by atoms with Crippen LogP contribution >= 0.6 is 0 Å². The topological polar surface area (TPSA) is 40.5 Å². The van der Waals surface area contributed by atoms with Gasteiger partial charge in [0.05, 0.1) is 0 Å². The van der Waals surface area contributed by atoms with Gasteiger partial charge in [0.1, 0.15) is 5.54 Å². The highest BCUT2D eigenvalue weighted by molar-refractivity contribution is 5.78. The molecule has 1 aliphatic carbocycles. The molecule has 3 heteroatoms. The van der Waals surface area contributed by atoms with E-state index in [1.54, 1.807) is 0 Å². The van der Waals surface area contributed by atoms with E-state index in [2.05, 4.69) is 18.7 Å². The Morgan fingerprint density at radius 1 is 1.28 bits per heavy atom. The summed E-state index contributed by atoms with van der Waals surface area (Å²) < 4.78 is 0. The number of hydrogen-bond acceptors (Lipinski definition) is 2. The average molecular weight is 253 g/mol. The molecule has 4 unspecified atom stereocenters. The predicted molar refractivity (Wildman–Crippen MR) is 72.6 cm³/mol. The molecule has 18 heavy (non-hydrogen) atoms. The van der Waals surface area contributed by atoms with E-state index >= 15 is 0 Å². The third-order valence-electron chi connectivity index (χ3n) is 5.22. The summed E-state index contributed by atoms with van der Waals surface area (Å²) in [7, 11) is 0. The Labute approximate surface area is 111 Å². The summed E-state index contributed by atoms with van der Waals surface area (Å²) in [4.78, 5) is 14.0. The number of carboxylic acids is 1. The zero-order chi connectivity index (χ0) is 13.3. The summed E-state index contributed by atoms with van der Waals surface area (Å²) in [6.07, 6.45) is 6.73. The first-order valence-corrected chi connectivity index (χ1v) is 7.45. The number of rotatable bonds is 2. The monoisotopic (exact) mass is 253 g/mol. The molecule has 4 atom stereocenters. The van der Waals surface area contributed by atoms with Crippen LogP contribution in [0.15, 0.2) is 0 Å². The Kier molecular flexibility index (Phi) is 4.00. The van der Waals surface area contributed by atoms with Crippen LogP contribution in [0.3, 0.4) is 0 Å². The minimum atomic E-state index is -0.632. The van der Waals surface area contributed by atoms with E-state index in [1.165, 1.54) is 19.3 Å². The van der Waals surface area contributed by atoms with E-state index in [-0.39, 0.29) is 0 Å². The smallest absolute Gasteiger partial charge is 0.323 e. The molecule has 3 nitrogen and oxygen atoms in total. The quantitative estimate of drug-likeness (QED) is 0.822. The van der Waals surface area contributed by atoms with Gasteiger partial charge in [0, 0.05) is 6.04 Å². The van der Waals surface area contributed by atoms with Gasteiger partial charge in [-0.1, -0.05) is 20.3 Å². The molecular weight excluding hydrogens is 226 g/mol. The van der Waals surface area contributed by atoms with Gasteiger partial charge in [0.25, 0.3) is 0 Å². The van der Waals surface area contributed by atoms with Crippen molar-refractivity contribution in [3.05, 3.63) is 0 Å². The molecule has 1 saturated heterocycles. The number of aliphatic carboxylic acids is 1. The summed E-state index contributed by atoms with van der Waals surface area (Å²) in [5.41, 5.74) is -0.631. The lowest BCUT2D eigenvalue weighted by Crippen LogP contribution is -2.61. The summed E-state index contributed by atoms with van der Waals surface area (Å²) in [5.74, 6) is 0.747. The van der Waals surface area contributed by atoms with E-state index in [0.717, 1.165) is 31.7 Å². The number of carbonyl (C=O) groups is 1. The molecule has 0 aromatic rings. The Bertz CT molecular complexity index is 318. The van der Waals surface area contributed by atoms with Gasteiger partial charge in [0.2, 0.25) is 0 Å². The molecule has 2 aliphatic rings. The molecule has 1 saturated carbocycles. The zero-order valence-electron chi connectivity index (χ0n) is 12.0. The summed E-state index contributed by atoms with van der Waals surface area (Å²) >= 11 is 0. The number of nitrogens with zero attached hydrogens (tertiary/aromatic N) is 1. The maximum absolute atomic E-state index is 11.7. The second-order valence-electron chi connectivity index (χ2n) is 6.69. The molecule has 1 N–H and O–H groups in total. The highest BCUT2D eigenvalue weighted by Crippen LogP contribution is 2.39. The average Bonchev–Trinajstić information content (AvgIpc) is 2.33. The second-order valence-corrected chi connectivity index (χ2v) is 6.69. The first-order valence-electron chi connectivity index (χ1n) is 7.45. The van der Waals surface area contributed by atoms with E-state index < -0.39 is 11.5 Å². The van der Waals surface area contributed by atoms with Crippen LogP contribution in [0.5, 0.6) is 0 Å². The normalized spacial score (nSPS) is 42.7. The van der Waals surface area contributed by atoms with Crippen LogP contribution in [-0.4, -0.2) is 34.1 Å². The molecule has 0 spiro atoms. The fourth-order valence-corrected chi connectivity index (χ4v) is 3.84. The van der Waals surface area contributed by atoms with Crippen molar-refractivity contribution in [2.45, 2.75) is 70.9 Å². The molecule has 0 aromatic heterocycles. The van der Waals surface area contributed by atoms with E-state index in [4.69, 9.17) is 0 Å². The van der Waals surface area contributed by atoms with Gasteiger partial charge in [-0.2, -0.15) is 0 Å². The fourth-order valence-electron chi connectivity index (χ4n) is 3.84. The maximum Gasteiger partial charge on any atom is 0.323 e. The Hall–Kier alpha value is -0.570. The van der Waals surface area contributed by atoms with Crippen LogP contribution in [0.2, 0.25) is 0 Å². The Morgan fingerprint density at radius 2 is 2.00 bits per heavy atom. The van der Waals surface area contributed by atoms with Crippen LogP contribution in [0.25, 0.3) is 0 Å². The van der Waals surface area contributed by atoms with Gasteiger partial charge in [-0.15, -0.1) is 0 Å². The lowest BCUT2D eigenvalue weighted by Gasteiger charge is -2.50. The highest BCUT2D eigenvalue weighted by atomic mass is 16.4. The third kappa shape index (κ3) is 2.42. The lowest BCUT2D eigenvalue weighted by molar-refractivity contribution is -0.157. The van der Waals surface area contributed by atoms with Gasteiger partial charge in [-0.05, 0) is 57.4 Å². The van der Waals surface area contributed by atoms with Crippen molar-refractivity contribution < 1.29 is 9.90 Å². The van der Waals surface area contributed by atoms with E-state index in [0.29, 0.717) is 12.0 Å². The first kappa shape index (κ1) is 13.9. The number of carboxylic acid groups (broad SMARTS) is 1. The van der Waals surface area contributed by atoms with Gasteiger partial charge in [0.15, 0.2) is 0 Å². The van der Waals surface area contributed by atoms with Gasteiger partial charge in [-0.3, -0.25) is 9.69 Å². The van der Waals surface area contributed by atoms with Crippen molar-refractivity contribution in [3.63, 3.8) is 0 Å². The van der Waals surface area contributed by atoms with Crippen molar-refractivity contribution >= 4 is 5.97 Å². The molecule has 1 heterocycles. The van der Waals surface area contributed by atoms with Crippen molar-refractivity contribution in [2.75, 3.05) is 6.54 Å². The van der Waals surface area contributed by atoms with Crippen LogP contribution in [0.4, 0.5) is 0 Å². The SMILES string of the molecule is CC1CCC(C)C(N2CCCCC2(C)C(=O)O)C1. The van der Waals surface area contributed by atoms with Crippen molar-refractivity contribution in [3.8, 4) is 0 Å². The molecule has 1 aliphatic heterocycles. The Morgan fingerprint density at radius 3 is 2.67 bits per heavy atom. The van der Waals surface area contributed by atoms with Gasteiger partial charge in [-0.25, -0.2) is 0 Å². The van der Waals surface area contributed by atoms with Crippen LogP contribution in [0, 0.1) is 11.8 Å². The minimum absolute atomic E-state index is 0.468. The van der Waals surface area contributed by atoms with E-state index in [1.807, 2.05) is 6.92 Å². The lowest BCUT2D eigenvalue weighted by atomic mass is 9.76. The van der Waals surface area contributed by atoms with E-state index in [9.17, 15) is 9.90 Å². The first-order chi connectivity index (χ1) is 8.45. The minimum Gasteiger partial charge on any atom is -0.480 e. The van der Waals surface area contributed by atoms with Crippen molar-refractivity contribution in [1.82, 2.24) is 4.90 Å². The molecular formula is C15H27NO2. The number of likely N-dealkylation sites (tertiary alicyclic amines) is 1. The van der Waals surface area contributed by atoms with Gasteiger partial charge < -0.3 is 5.11 Å². The van der Waals surface area contributed by atoms with Gasteiger partial charge >= 0.3 is 5.97 Å².